The summed E-state index contributed by atoms with van der Waals surface area (Å²) >= 11 is 0. The van der Waals surface area contributed by atoms with E-state index < -0.39 is 60.4 Å². The average molecular weight is 415 g/mol. The van der Waals surface area contributed by atoms with Crippen LogP contribution in [-0.2, 0) is 47.7 Å². The first-order valence-corrected chi connectivity index (χ1v) is 8.69. The molecule has 0 unspecified atom stereocenters. The van der Waals surface area contributed by atoms with E-state index >= 15 is 0 Å². The Morgan fingerprint density at radius 3 is 1.79 bits per heavy atom. The smallest absolute Gasteiger partial charge is 0.305 e. The van der Waals surface area contributed by atoms with Crippen LogP contribution in [0.25, 0.3) is 0 Å². The predicted octanol–water partition coefficient (Wildman–Crippen LogP) is -0.238. The summed E-state index contributed by atoms with van der Waals surface area (Å²) in [5, 5.41) is 2.50. The molecule has 0 aromatic rings. The third-order valence-corrected chi connectivity index (χ3v) is 3.67. The second kappa shape index (κ2) is 10.6. The number of carbonyl (C=O) groups excluding carboxylic acids is 5. The van der Waals surface area contributed by atoms with E-state index in [9.17, 15) is 24.0 Å². The van der Waals surface area contributed by atoms with E-state index in [1.807, 2.05) is 0 Å². The van der Waals surface area contributed by atoms with Gasteiger partial charge >= 0.3 is 23.9 Å². The van der Waals surface area contributed by atoms with Crippen LogP contribution in [0.5, 0.6) is 0 Å². The van der Waals surface area contributed by atoms with E-state index in [1.54, 1.807) is 0 Å². The van der Waals surface area contributed by atoms with Gasteiger partial charge in [0.25, 0.3) is 0 Å². The van der Waals surface area contributed by atoms with Crippen LogP contribution in [-0.4, -0.2) is 67.0 Å². The minimum atomic E-state index is -1.42. The number of carbonyl (C=O) groups is 5. The van der Waals surface area contributed by atoms with Gasteiger partial charge in [0, 0.05) is 33.3 Å². The van der Waals surface area contributed by atoms with Gasteiger partial charge in [0.15, 0.2) is 12.2 Å². The standard InChI is InChI=1S/C18H25NO10/c1-8(2)17(24)19-14-16(27-11(5)22)15(26-10(4)21)13(7-25-9(3)20)29-18(14)28-12(6)23/h13-16,18H,1,7H2,2-6H3,(H,19,24)/t13-,14+,15-,16+,18-/m1/s1. The highest BCUT2D eigenvalue weighted by molar-refractivity contribution is 5.92. The van der Waals surface area contributed by atoms with Crippen molar-refractivity contribution in [3.8, 4) is 0 Å². The molecule has 1 aliphatic rings. The Morgan fingerprint density at radius 1 is 0.828 bits per heavy atom. The van der Waals surface area contributed by atoms with Gasteiger partial charge in [-0.05, 0) is 6.92 Å². The zero-order valence-corrected chi connectivity index (χ0v) is 16.9. The highest BCUT2D eigenvalue weighted by Gasteiger charge is 2.52. The van der Waals surface area contributed by atoms with Crippen LogP contribution in [0.4, 0.5) is 0 Å². The number of amides is 1. The molecule has 1 rings (SSSR count). The molecule has 1 fully saturated rings. The SMILES string of the molecule is C=C(C)C(=O)N[C@@H]1[C@H](OC(C)=O)O[C@H](COC(C)=O)[C@@H](OC(C)=O)[C@H]1OC(C)=O. The topological polar surface area (TPSA) is 144 Å². The number of esters is 4. The summed E-state index contributed by atoms with van der Waals surface area (Å²) in [6.45, 7) is 9.07. The van der Waals surface area contributed by atoms with Gasteiger partial charge in [-0.25, -0.2) is 0 Å². The molecule has 1 N–H and O–H groups in total. The summed E-state index contributed by atoms with van der Waals surface area (Å²) in [5.74, 6) is -3.51. The third kappa shape index (κ3) is 7.53. The highest BCUT2D eigenvalue weighted by atomic mass is 16.7. The largest absolute Gasteiger partial charge is 0.463 e. The number of hydrogen-bond donors (Lipinski definition) is 1. The zero-order chi connectivity index (χ0) is 22.3. The molecule has 0 aromatic carbocycles. The maximum atomic E-state index is 12.2. The molecule has 1 amide bonds. The van der Waals surface area contributed by atoms with Crippen LogP contribution < -0.4 is 5.32 Å². The van der Waals surface area contributed by atoms with E-state index in [-0.39, 0.29) is 12.2 Å². The van der Waals surface area contributed by atoms with Crippen LogP contribution >= 0.6 is 0 Å². The van der Waals surface area contributed by atoms with Crippen molar-refractivity contribution in [3.63, 3.8) is 0 Å². The summed E-state index contributed by atoms with van der Waals surface area (Å²) in [7, 11) is 0. The summed E-state index contributed by atoms with van der Waals surface area (Å²) in [6.07, 6.45) is -5.14. The lowest BCUT2D eigenvalue weighted by molar-refractivity contribution is -0.270. The van der Waals surface area contributed by atoms with E-state index in [4.69, 9.17) is 23.7 Å². The van der Waals surface area contributed by atoms with Crippen LogP contribution in [0, 0.1) is 0 Å². The van der Waals surface area contributed by atoms with Crippen LogP contribution in [0.15, 0.2) is 12.2 Å². The number of hydrogen-bond acceptors (Lipinski definition) is 10. The minimum absolute atomic E-state index is 0.124. The van der Waals surface area contributed by atoms with Crippen LogP contribution in [0.1, 0.15) is 34.6 Å². The zero-order valence-electron chi connectivity index (χ0n) is 16.9. The summed E-state index contributed by atoms with van der Waals surface area (Å²) in [5.41, 5.74) is 0.124. The molecule has 162 valence electrons. The number of nitrogens with one attached hydrogen (secondary N) is 1. The Morgan fingerprint density at radius 2 is 1.34 bits per heavy atom. The first-order chi connectivity index (χ1) is 13.4. The van der Waals surface area contributed by atoms with Gasteiger partial charge in [0.2, 0.25) is 12.2 Å². The molecule has 0 aliphatic carbocycles. The molecule has 11 nitrogen and oxygen atoms in total. The molecule has 0 radical (unpaired) electrons. The third-order valence-electron chi connectivity index (χ3n) is 3.67. The lowest BCUT2D eigenvalue weighted by Crippen LogP contribution is -2.67. The lowest BCUT2D eigenvalue weighted by atomic mass is 9.95. The van der Waals surface area contributed by atoms with E-state index in [0.717, 1.165) is 27.7 Å². The summed E-state index contributed by atoms with van der Waals surface area (Å²) in [6, 6.07) is -1.23. The molecular weight excluding hydrogens is 390 g/mol. The quantitative estimate of drug-likeness (QED) is 0.336. The molecule has 0 spiro atoms. The molecule has 0 bridgehead atoms. The van der Waals surface area contributed by atoms with Crippen molar-refractivity contribution in [2.75, 3.05) is 6.61 Å². The summed E-state index contributed by atoms with van der Waals surface area (Å²) in [4.78, 5) is 58.2. The molecule has 0 saturated carbocycles. The Bertz CT molecular complexity index is 688. The molecule has 1 saturated heterocycles. The van der Waals surface area contributed by atoms with Crippen molar-refractivity contribution in [1.82, 2.24) is 5.32 Å². The monoisotopic (exact) mass is 415 g/mol. The second-order valence-electron chi connectivity index (χ2n) is 6.38. The van der Waals surface area contributed by atoms with Crippen molar-refractivity contribution >= 4 is 29.8 Å². The first kappa shape index (κ1) is 24.1. The normalized spacial score (nSPS) is 25.9. The fourth-order valence-corrected chi connectivity index (χ4v) is 2.59. The lowest BCUT2D eigenvalue weighted by Gasteiger charge is -2.44. The van der Waals surface area contributed by atoms with E-state index in [0.29, 0.717) is 0 Å². The van der Waals surface area contributed by atoms with Crippen LogP contribution in [0.2, 0.25) is 0 Å². The molecular formula is C18H25NO10. The van der Waals surface area contributed by atoms with Gasteiger partial charge in [-0.15, -0.1) is 0 Å². The van der Waals surface area contributed by atoms with Gasteiger partial charge in [-0.3, -0.25) is 24.0 Å². The second-order valence-corrected chi connectivity index (χ2v) is 6.38. The van der Waals surface area contributed by atoms with Crippen molar-refractivity contribution in [2.24, 2.45) is 0 Å². The molecule has 11 heteroatoms. The van der Waals surface area contributed by atoms with Gasteiger partial charge in [-0.1, -0.05) is 6.58 Å². The molecule has 5 atom stereocenters. The predicted molar refractivity (Wildman–Crippen MR) is 94.9 cm³/mol. The Labute approximate surface area is 167 Å². The van der Waals surface area contributed by atoms with Gasteiger partial charge in [0.05, 0.1) is 0 Å². The number of rotatable bonds is 7. The van der Waals surface area contributed by atoms with Gasteiger partial charge < -0.3 is 29.0 Å². The molecule has 1 heterocycles. The van der Waals surface area contributed by atoms with Crippen molar-refractivity contribution < 1.29 is 47.7 Å². The Kier molecular flexibility index (Phi) is 8.77. The van der Waals surface area contributed by atoms with E-state index in [2.05, 4.69) is 11.9 Å². The highest BCUT2D eigenvalue weighted by Crippen LogP contribution is 2.28. The molecule has 1 aliphatic heterocycles. The van der Waals surface area contributed by atoms with Gasteiger partial charge in [0.1, 0.15) is 18.8 Å². The van der Waals surface area contributed by atoms with Crippen molar-refractivity contribution in [1.29, 1.82) is 0 Å². The van der Waals surface area contributed by atoms with Crippen LogP contribution in [0.3, 0.4) is 0 Å². The first-order valence-electron chi connectivity index (χ1n) is 8.69. The maximum Gasteiger partial charge on any atom is 0.305 e. The van der Waals surface area contributed by atoms with E-state index in [1.165, 1.54) is 6.92 Å². The summed E-state index contributed by atoms with van der Waals surface area (Å²) < 4.78 is 26.2. The average Bonchev–Trinajstić information content (AvgIpc) is 2.56. The van der Waals surface area contributed by atoms with Crippen molar-refractivity contribution in [3.05, 3.63) is 12.2 Å². The van der Waals surface area contributed by atoms with Gasteiger partial charge in [-0.2, -0.15) is 0 Å². The molecule has 0 aromatic heterocycles. The fourth-order valence-electron chi connectivity index (χ4n) is 2.59. The molecule has 29 heavy (non-hydrogen) atoms. The van der Waals surface area contributed by atoms with Crippen molar-refractivity contribution in [2.45, 2.75) is 65.3 Å². The number of ether oxygens (including phenoxy) is 5. The Balaban J connectivity index is 3.36. The maximum absolute atomic E-state index is 12.2. The Hall–Kier alpha value is -2.95. The fraction of sp³-hybridized carbons (Fsp3) is 0.611. The minimum Gasteiger partial charge on any atom is -0.463 e.